The maximum Gasteiger partial charge on any atom is 0.149 e. The lowest BCUT2D eigenvalue weighted by atomic mass is 9.99. The molecule has 2 aliphatic rings. The molecule has 2 heterocycles. The zero-order valence-electron chi connectivity index (χ0n) is 12.5. The lowest BCUT2D eigenvalue weighted by Crippen LogP contribution is -2.55. The summed E-state index contributed by atoms with van der Waals surface area (Å²) in [6.45, 7) is 3.95. The van der Waals surface area contributed by atoms with Crippen LogP contribution < -0.4 is 10.2 Å². The molecule has 0 spiro atoms. The van der Waals surface area contributed by atoms with Crippen LogP contribution in [-0.2, 0) is 6.54 Å². The first-order chi connectivity index (χ1) is 10.2. The number of hydrogen-bond acceptors (Lipinski definition) is 3. The first-order valence-corrected chi connectivity index (χ1v) is 7.80. The summed E-state index contributed by atoms with van der Waals surface area (Å²) in [6, 6.07) is 3.34. The molecule has 0 saturated carbocycles. The van der Waals surface area contributed by atoms with Gasteiger partial charge in [-0.25, -0.2) is 8.78 Å². The molecule has 5 heteroatoms. The maximum absolute atomic E-state index is 14.3. The average Bonchev–Trinajstić information content (AvgIpc) is 2.47. The zero-order valence-corrected chi connectivity index (χ0v) is 12.5. The Labute approximate surface area is 124 Å². The van der Waals surface area contributed by atoms with E-state index in [1.165, 1.54) is 25.0 Å². The van der Waals surface area contributed by atoms with E-state index >= 15 is 0 Å². The van der Waals surface area contributed by atoms with Crippen molar-refractivity contribution in [2.24, 2.45) is 0 Å². The van der Waals surface area contributed by atoms with Gasteiger partial charge in [0.05, 0.1) is 0 Å². The van der Waals surface area contributed by atoms with Crippen LogP contribution in [0.5, 0.6) is 0 Å². The van der Waals surface area contributed by atoms with Gasteiger partial charge >= 0.3 is 0 Å². The molecule has 3 rings (SSSR count). The Bertz CT molecular complexity index is 483. The smallest absolute Gasteiger partial charge is 0.149 e. The van der Waals surface area contributed by atoms with Gasteiger partial charge in [0.25, 0.3) is 0 Å². The fourth-order valence-corrected chi connectivity index (χ4v) is 3.59. The van der Waals surface area contributed by atoms with Crippen LogP contribution in [0, 0.1) is 11.6 Å². The Morgan fingerprint density at radius 3 is 2.62 bits per heavy atom. The fourth-order valence-electron chi connectivity index (χ4n) is 3.59. The highest BCUT2D eigenvalue weighted by Crippen LogP contribution is 2.29. The van der Waals surface area contributed by atoms with E-state index < -0.39 is 11.6 Å². The molecule has 1 aromatic carbocycles. The fraction of sp³-hybridized carbons (Fsp3) is 0.625. The molecule has 1 unspecified atom stereocenters. The number of piperidine rings is 1. The summed E-state index contributed by atoms with van der Waals surface area (Å²) in [5.74, 6) is -0.881. The van der Waals surface area contributed by atoms with Gasteiger partial charge in [0.1, 0.15) is 17.3 Å². The summed E-state index contributed by atoms with van der Waals surface area (Å²) in [5, 5.41) is 2.92. The largest absolute Gasteiger partial charge is 0.364 e. The highest BCUT2D eigenvalue weighted by molar-refractivity contribution is 5.51. The SMILES string of the molecule is CNCc1cc(F)c(N2CCN3CCCCC3C2)c(F)c1. The maximum atomic E-state index is 14.3. The van der Waals surface area contributed by atoms with E-state index in [0.717, 1.165) is 26.1 Å². The lowest BCUT2D eigenvalue weighted by molar-refractivity contribution is 0.133. The first-order valence-electron chi connectivity index (χ1n) is 7.80. The minimum atomic E-state index is -0.440. The summed E-state index contributed by atoms with van der Waals surface area (Å²) in [7, 11) is 1.77. The topological polar surface area (TPSA) is 18.5 Å². The van der Waals surface area contributed by atoms with E-state index in [9.17, 15) is 8.78 Å². The molecule has 1 atom stereocenters. The van der Waals surface area contributed by atoms with Crippen molar-refractivity contribution in [3.63, 3.8) is 0 Å². The highest BCUT2D eigenvalue weighted by atomic mass is 19.1. The number of hydrogen-bond donors (Lipinski definition) is 1. The number of rotatable bonds is 3. The molecule has 21 heavy (non-hydrogen) atoms. The van der Waals surface area contributed by atoms with Gasteiger partial charge in [-0.05, 0) is 44.1 Å². The van der Waals surface area contributed by atoms with Crippen molar-refractivity contribution in [2.75, 3.05) is 38.1 Å². The van der Waals surface area contributed by atoms with Gasteiger partial charge in [-0.2, -0.15) is 0 Å². The summed E-state index contributed by atoms with van der Waals surface area (Å²) in [4.78, 5) is 4.35. The summed E-state index contributed by atoms with van der Waals surface area (Å²) >= 11 is 0. The molecule has 116 valence electrons. The predicted molar refractivity (Wildman–Crippen MR) is 80.5 cm³/mol. The van der Waals surface area contributed by atoms with E-state index in [0.29, 0.717) is 24.7 Å². The van der Waals surface area contributed by atoms with Crippen LogP contribution in [0.2, 0.25) is 0 Å². The normalized spacial score (nSPS) is 23.2. The standard InChI is InChI=1S/C16H23F2N3/c1-19-10-12-8-14(17)16(15(18)9-12)21-7-6-20-5-3-2-4-13(20)11-21/h8-9,13,19H,2-7,10-11H2,1H3. The molecule has 1 aromatic rings. The quantitative estimate of drug-likeness (QED) is 0.923. The summed E-state index contributed by atoms with van der Waals surface area (Å²) in [6.07, 6.45) is 3.61. The number of fused-ring (bicyclic) bond motifs is 1. The Morgan fingerprint density at radius 1 is 1.14 bits per heavy atom. The second-order valence-corrected chi connectivity index (χ2v) is 6.07. The summed E-state index contributed by atoms with van der Waals surface area (Å²) < 4.78 is 28.6. The van der Waals surface area contributed by atoms with Crippen LogP contribution in [0.4, 0.5) is 14.5 Å². The van der Waals surface area contributed by atoms with Crippen LogP contribution in [0.3, 0.4) is 0 Å². The van der Waals surface area contributed by atoms with Crippen LogP contribution >= 0.6 is 0 Å². The van der Waals surface area contributed by atoms with Crippen molar-refractivity contribution < 1.29 is 8.78 Å². The Hall–Kier alpha value is -1.20. The van der Waals surface area contributed by atoms with Gasteiger partial charge in [0.2, 0.25) is 0 Å². The van der Waals surface area contributed by atoms with Crippen LogP contribution in [0.15, 0.2) is 12.1 Å². The third-order valence-corrected chi connectivity index (χ3v) is 4.61. The van der Waals surface area contributed by atoms with E-state index in [2.05, 4.69) is 10.2 Å². The van der Waals surface area contributed by atoms with E-state index in [4.69, 9.17) is 0 Å². The second-order valence-electron chi connectivity index (χ2n) is 6.07. The molecule has 2 fully saturated rings. The van der Waals surface area contributed by atoms with Gasteiger partial charge in [-0.1, -0.05) is 6.42 Å². The number of benzene rings is 1. The predicted octanol–water partition coefficient (Wildman–Crippen LogP) is 2.36. The number of nitrogens with zero attached hydrogens (tertiary/aromatic N) is 2. The van der Waals surface area contributed by atoms with Crippen molar-refractivity contribution in [1.82, 2.24) is 10.2 Å². The van der Waals surface area contributed by atoms with E-state index in [1.54, 1.807) is 7.05 Å². The zero-order chi connectivity index (χ0) is 14.8. The number of nitrogens with one attached hydrogen (secondary N) is 1. The van der Waals surface area contributed by atoms with Crippen LogP contribution in [-0.4, -0.2) is 44.2 Å². The highest BCUT2D eigenvalue weighted by Gasteiger charge is 2.31. The number of piperazine rings is 1. The third kappa shape index (κ3) is 3.04. The molecule has 0 amide bonds. The van der Waals surface area contributed by atoms with Crippen molar-refractivity contribution >= 4 is 5.69 Å². The molecule has 1 N–H and O–H groups in total. The molecule has 0 bridgehead atoms. The Balaban J connectivity index is 1.80. The summed E-state index contributed by atoms with van der Waals surface area (Å²) in [5.41, 5.74) is 0.799. The van der Waals surface area contributed by atoms with E-state index in [-0.39, 0.29) is 5.69 Å². The minimum Gasteiger partial charge on any atom is -0.364 e. The monoisotopic (exact) mass is 295 g/mol. The average molecular weight is 295 g/mol. The second kappa shape index (κ2) is 6.28. The van der Waals surface area contributed by atoms with Crippen molar-refractivity contribution in [1.29, 1.82) is 0 Å². The molecule has 0 radical (unpaired) electrons. The molecule has 3 nitrogen and oxygen atoms in total. The first kappa shape index (κ1) is 14.7. The Morgan fingerprint density at radius 2 is 1.90 bits per heavy atom. The van der Waals surface area contributed by atoms with Crippen LogP contribution in [0.1, 0.15) is 24.8 Å². The van der Waals surface area contributed by atoms with Crippen molar-refractivity contribution in [3.8, 4) is 0 Å². The van der Waals surface area contributed by atoms with Crippen LogP contribution in [0.25, 0.3) is 0 Å². The van der Waals surface area contributed by atoms with Gasteiger partial charge < -0.3 is 10.2 Å². The Kier molecular flexibility index (Phi) is 4.40. The van der Waals surface area contributed by atoms with Gasteiger partial charge in [-0.15, -0.1) is 0 Å². The van der Waals surface area contributed by atoms with Gasteiger partial charge in [0.15, 0.2) is 0 Å². The molecular weight excluding hydrogens is 272 g/mol. The third-order valence-electron chi connectivity index (χ3n) is 4.61. The van der Waals surface area contributed by atoms with Gasteiger partial charge in [0, 0.05) is 32.2 Å². The van der Waals surface area contributed by atoms with E-state index in [1.807, 2.05) is 4.90 Å². The minimum absolute atomic E-state index is 0.153. The van der Waals surface area contributed by atoms with Crippen molar-refractivity contribution in [2.45, 2.75) is 31.8 Å². The molecular formula is C16H23F2N3. The lowest BCUT2D eigenvalue weighted by Gasteiger charge is -2.45. The molecule has 0 aromatic heterocycles. The number of anilines is 1. The molecule has 2 aliphatic heterocycles. The molecule has 2 saturated heterocycles. The molecule has 0 aliphatic carbocycles. The van der Waals surface area contributed by atoms with Crippen molar-refractivity contribution in [3.05, 3.63) is 29.3 Å². The number of halogens is 2. The van der Waals surface area contributed by atoms with Gasteiger partial charge in [-0.3, -0.25) is 4.90 Å².